The van der Waals surface area contributed by atoms with Crippen LogP contribution in [0, 0.1) is 0 Å². The Morgan fingerprint density at radius 1 is 0.905 bits per heavy atom. The number of allylic oxidation sites excluding steroid dienone is 2. The van der Waals surface area contributed by atoms with E-state index in [1.165, 1.54) is 61.0 Å². The Labute approximate surface area is 137 Å². The second kappa shape index (κ2) is 12.8. The fourth-order valence-corrected chi connectivity index (χ4v) is 19.2. The van der Waals surface area contributed by atoms with Crippen molar-refractivity contribution in [3.63, 3.8) is 0 Å². The molecule has 0 radical (unpaired) electrons. The fraction of sp³-hybridized carbons (Fsp3) is 0.789. The number of aliphatic hydroxyl groups is 1. The van der Waals surface area contributed by atoms with Crippen molar-refractivity contribution >= 4 is 18.4 Å². The predicted molar refractivity (Wildman–Crippen MR) is 99.5 cm³/mol. The first-order valence-corrected chi connectivity index (χ1v) is 16.6. The average Bonchev–Trinajstić information content (AvgIpc) is 2.52. The van der Waals surface area contributed by atoms with Crippen LogP contribution in [0.15, 0.2) is 21.8 Å². The molecule has 0 fully saturated rings. The van der Waals surface area contributed by atoms with Gasteiger partial charge in [0.25, 0.3) is 0 Å². The number of aliphatic hydroxyl groups excluding tert-OH is 1. The summed E-state index contributed by atoms with van der Waals surface area (Å²) < 4.78 is 5.73. The van der Waals surface area contributed by atoms with Crippen molar-refractivity contribution in [1.82, 2.24) is 0 Å². The van der Waals surface area contributed by atoms with Crippen molar-refractivity contribution in [3.05, 3.63) is 21.8 Å². The van der Waals surface area contributed by atoms with E-state index in [1.54, 1.807) is 0 Å². The maximum absolute atomic E-state index is 10.0. The third kappa shape index (κ3) is 7.88. The summed E-state index contributed by atoms with van der Waals surface area (Å²) in [6, 6.07) is 0. The van der Waals surface area contributed by atoms with Crippen LogP contribution in [-0.4, -0.2) is 30.1 Å². The van der Waals surface area contributed by atoms with E-state index < -0.39 is 18.4 Å². The topological polar surface area (TPSA) is 20.2 Å². The molecule has 0 atom stereocenters. The van der Waals surface area contributed by atoms with Gasteiger partial charge in [-0.05, 0) is 0 Å². The van der Waals surface area contributed by atoms with Gasteiger partial charge in [0.15, 0.2) is 0 Å². The Balaban J connectivity index is 5.42. The van der Waals surface area contributed by atoms with Crippen LogP contribution in [0.5, 0.6) is 0 Å². The maximum atomic E-state index is 10.0. The van der Waals surface area contributed by atoms with E-state index in [2.05, 4.69) is 40.3 Å². The zero-order valence-electron chi connectivity index (χ0n) is 15.0. The van der Waals surface area contributed by atoms with Gasteiger partial charge in [0.2, 0.25) is 0 Å². The molecule has 21 heavy (non-hydrogen) atoms. The Bertz CT molecular complexity index is 285. The zero-order valence-corrected chi connectivity index (χ0v) is 17.9. The summed E-state index contributed by atoms with van der Waals surface area (Å²) in [4.78, 5) is 0. The van der Waals surface area contributed by atoms with Crippen LogP contribution in [-0.2, 0) is 0 Å². The number of hydrogen-bond donors (Lipinski definition) is 1. The number of hydrogen-bond acceptors (Lipinski definition) is 1. The number of unbranched alkanes of at least 4 members (excludes halogenated alkanes) is 3. The molecule has 0 spiro atoms. The van der Waals surface area contributed by atoms with Gasteiger partial charge in [-0.3, -0.25) is 0 Å². The summed E-state index contributed by atoms with van der Waals surface area (Å²) in [5.41, 5.74) is 1.20. The molecule has 2 heteroatoms. The summed E-state index contributed by atoms with van der Waals surface area (Å²) >= 11 is -2.40. The molecule has 1 N–H and O–H groups in total. The van der Waals surface area contributed by atoms with Crippen molar-refractivity contribution in [2.24, 2.45) is 0 Å². The quantitative estimate of drug-likeness (QED) is 0.285. The number of rotatable bonds is 13. The van der Waals surface area contributed by atoms with Gasteiger partial charge in [0, 0.05) is 0 Å². The monoisotopic (exact) mass is 402 g/mol. The molecule has 0 aromatic rings. The van der Waals surface area contributed by atoms with E-state index in [0.717, 1.165) is 6.42 Å². The SMILES string of the molecule is C=C(/C=[C](\CO)[Sn]([CH2]CCC)([CH2]CCC)[CH2]CCC)CC. The van der Waals surface area contributed by atoms with Crippen LogP contribution in [0.1, 0.15) is 72.6 Å². The molecule has 0 unspecified atom stereocenters. The molecule has 0 rings (SSSR count). The molecule has 124 valence electrons. The second-order valence-corrected chi connectivity index (χ2v) is 19.9. The van der Waals surface area contributed by atoms with Gasteiger partial charge in [-0.25, -0.2) is 0 Å². The summed E-state index contributed by atoms with van der Waals surface area (Å²) in [6.45, 7) is 13.5. The van der Waals surface area contributed by atoms with Gasteiger partial charge in [0.1, 0.15) is 0 Å². The van der Waals surface area contributed by atoms with E-state index >= 15 is 0 Å². The standard InChI is InChI=1S/C7H11O.3C4H9.Sn/c1-3-7(2)5-4-6-8;3*1-3-4-2;/h5,8H,2-3,6H2,1H3;3*1,3-4H2,2H3;. The molecule has 0 aliphatic heterocycles. The van der Waals surface area contributed by atoms with Gasteiger partial charge in [-0.1, -0.05) is 0 Å². The molecule has 0 aliphatic rings. The summed E-state index contributed by atoms with van der Waals surface area (Å²) in [5.74, 6) is 0. The molecule has 1 nitrogen and oxygen atoms in total. The zero-order chi connectivity index (χ0) is 16.1. The molecule has 0 heterocycles. The van der Waals surface area contributed by atoms with E-state index in [4.69, 9.17) is 0 Å². The predicted octanol–water partition coefficient (Wildman–Crippen LogP) is 6.26. The third-order valence-electron chi connectivity index (χ3n) is 4.71. The Morgan fingerprint density at radius 2 is 1.33 bits per heavy atom. The van der Waals surface area contributed by atoms with Gasteiger partial charge < -0.3 is 0 Å². The molecule has 0 aromatic heterocycles. The van der Waals surface area contributed by atoms with Gasteiger partial charge in [-0.15, -0.1) is 0 Å². The van der Waals surface area contributed by atoms with E-state index in [9.17, 15) is 5.11 Å². The Kier molecular flexibility index (Phi) is 12.9. The van der Waals surface area contributed by atoms with Crippen molar-refractivity contribution in [2.45, 2.75) is 86.0 Å². The van der Waals surface area contributed by atoms with E-state index in [1.807, 2.05) is 0 Å². The molecule has 0 amide bonds. The first-order chi connectivity index (χ1) is 10.1. The first-order valence-electron chi connectivity index (χ1n) is 9.09. The van der Waals surface area contributed by atoms with Crippen molar-refractivity contribution in [3.8, 4) is 0 Å². The Hall–Kier alpha value is 0.239. The minimum absolute atomic E-state index is 0.284. The van der Waals surface area contributed by atoms with Crippen molar-refractivity contribution < 1.29 is 5.11 Å². The molecular weight excluding hydrogens is 363 g/mol. The van der Waals surface area contributed by atoms with Crippen LogP contribution < -0.4 is 0 Å². The van der Waals surface area contributed by atoms with Crippen LogP contribution >= 0.6 is 0 Å². The first kappa shape index (κ1) is 21.2. The van der Waals surface area contributed by atoms with Crippen LogP contribution in [0.2, 0.25) is 13.3 Å². The van der Waals surface area contributed by atoms with E-state index in [-0.39, 0.29) is 6.61 Å². The van der Waals surface area contributed by atoms with Gasteiger partial charge in [0.05, 0.1) is 0 Å². The fourth-order valence-electron chi connectivity index (χ4n) is 3.12. The average molecular weight is 401 g/mol. The minimum atomic E-state index is -2.40. The van der Waals surface area contributed by atoms with Crippen LogP contribution in [0.25, 0.3) is 0 Å². The van der Waals surface area contributed by atoms with Crippen molar-refractivity contribution in [1.29, 1.82) is 0 Å². The Morgan fingerprint density at radius 3 is 1.62 bits per heavy atom. The van der Waals surface area contributed by atoms with Crippen LogP contribution in [0.4, 0.5) is 0 Å². The van der Waals surface area contributed by atoms with Gasteiger partial charge in [-0.2, -0.15) is 0 Å². The van der Waals surface area contributed by atoms with E-state index in [0.29, 0.717) is 0 Å². The normalized spacial score (nSPS) is 12.7. The van der Waals surface area contributed by atoms with Gasteiger partial charge >= 0.3 is 138 Å². The van der Waals surface area contributed by atoms with Crippen LogP contribution in [0.3, 0.4) is 0 Å². The third-order valence-corrected chi connectivity index (χ3v) is 20.7. The molecule has 0 aliphatic carbocycles. The summed E-state index contributed by atoms with van der Waals surface area (Å²) in [5, 5.41) is 10.0. The molecular formula is C19H38OSn. The molecule has 0 aromatic carbocycles. The molecule has 0 saturated carbocycles. The molecule has 0 bridgehead atoms. The summed E-state index contributed by atoms with van der Waals surface area (Å²) in [7, 11) is 0. The van der Waals surface area contributed by atoms with Crippen molar-refractivity contribution in [2.75, 3.05) is 6.61 Å². The summed E-state index contributed by atoms with van der Waals surface area (Å²) in [6.07, 6.45) is 11.2. The molecule has 0 saturated heterocycles. The second-order valence-electron chi connectivity index (χ2n) is 6.43.